The summed E-state index contributed by atoms with van der Waals surface area (Å²) in [6.07, 6.45) is 0. The first-order valence-electron chi connectivity index (χ1n) is 10.1. The first-order chi connectivity index (χ1) is 15.2. The Morgan fingerprint density at radius 3 is 2.74 bits per heavy atom. The number of rotatable bonds is 4. The van der Waals surface area contributed by atoms with Gasteiger partial charge < -0.3 is 15.2 Å². The minimum atomic E-state index is -0.143. The Labute approximate surface area is 182 Å². The molecule has 0 atom stereocenters. The molecule has 2 N–H and O–H groups in total. The molecule has 0 saturated carbocycles. The maximum Gasteiger partial charge on any atom is 0.280 e. The van der Waals surface area contributed by atoms with Gasteiger partial charge in [0, 0.05) is 33.2 Å². The highest BCUT2D eigenvalue weighted by molar-refractivity contribution is 7.99. The van der Waals surface area contributed by atoms with Gasteiger partial charge in [-0.3, -0.25) is 13.9 Å². The Bertz CT molecular complexity index is 1350. The Morgan fingerprint density at radius 2 is 1.97 bits per heavy atom. The quantitative estimate of drug-likeness (QED) is 0.372. The van der Waals surface area contributed by atoms with Gasteiger partial charge in [0.25, 0.3) is 5.56 Å². The second kappa shape index (κ2) is 8.09. The normalized spacial score (nSPS) is 14.2. The molecular weight excluding hydrogens is 412 g/mol. The second-order valence-corrected chi connectivity index (χ2v) is 8.21. The number of fused-ring (bicyclic) bond motifs is 2. The predicted octanol–water partition coefficient (Wildman–Crippen LogP) is 1.59. The van der Waals surface area contributed by atoms with Crippen molar-refractivity contribution in [2.24, 2.45) is 7.05 Å². The van der Waals surface area contributed by atoms with Gasteiger partial charge in [-0.25, -0.2) is 9.97 Å². The molecule has 9 nitrogen and oxygen atoms in total. The van der Waals surface area contributed by atoms with Crippen molar-refractivity contribution < 1.29 is 0 Å². The molecule has 10 heteroatoms. The lowest BCUT2D eigenvalue weighted by molar-refractivity contribution is 0.573. The van der Waals surface area contributed by atoms with Crippen LogP contribution < -0.4 is 15.8 Å². The van der Waals surface area contributed by atoms with E-state index < -0.39 is 0 Å². The van der Waals surface area contributed by atoms with E-state index in [1.54, 1.807) is 18.5 Å². The van der Waals surface area contributed by atoms with E-state index in [0.29, 0.717) is 28.0 Å². The molecule has 3 aromatic heterocycles. The molecule has 1 saturated heterocycles. The van der Waals surface area contributed by atoms with Crippen molar-refractivity contribution in [2.45, 2.75) is 23.8 Å². The van der Waals surface area contributed by atoms with E-state index in [0.717, 1.165) is 43.2 Å². The van der Waals surface area contributed by atoms with Crippen LogP contribution in [0.1, 0.15) is 6.92 Å². The van der Waals surface area contributed by atoms with Crippen LogP contribution in [0.15, 0.2) is 39.4 Å². The summed E-state index contributed by atoms with van der Waals surface area (Å²) >= 11 is 1.32. The van der Waals surface area contributed by atoms with E-state index >= 15 is 0 Å². The van der Waals surface area contributed by atoms with E-state index in [-0.39, 0.29) is 5.56 Å². The van der Waals surface area contributed by atoms with Crippen LogP contribution in [-0.4, -0.2) is 55.2 Å². The van der Waals surface area contributed by atoms with Gasteiger partial charge in [0.15, 0.2) is 21.5 Å². The summed E-state index contributed by atoms with van der Waals surface area (Å²) in [5, 5.41) is 4.57. The number of H-pyrrole nitrogens is 1. The molecule has 1 aliphatic rings. The molecule has 1 aromatic carbocycles. The fourth-order valence-corrected chi connectivity index (χ4v) is 4.53. The number of para-hydroxylation sites is 2. The predicted molar refractivity (Wildman–Crippen MR) is 122 cm³/mol. The summed E-state index contributed by atoms with van der Waals surface area (Å²) in [7, 11) is 1.73. The number of anilines is 1. The zero-order valence-corrected chi connectivity index (χ0v) is 18.2. The van der Waals surface area contributed by atoms with E-state index in [2.05, 4.69) is 32.0 Å². The number of aromatic amines is 1. The minimum Gasteiger partial charge on any atom is -0.340 e. The van der Waals surface area contributed by atoms with Crippen LogP contribution in [0, 0.1) is 11.8 Å². The van der Waals surface area contributed by atoms with Crippen molar-refractivity contribution in [1.29, 1.82) is 0 Å². The van der Waals surface area contributed by atoms with Crippen LogP contribution in [0.5, 0.6) is 0 Å². The molecule has 31 heavy (non-hydrogen) atoms. The average Bonchev–Trinajstić information content (AvgIpc) is 3.37. The van der Waals surface area contributed by atoms with Crippen LogP contribution in [0.4, 0.5) is 5.95 Å². The fourth-order valence-electron chi connectivity index (χ4n) is 3.70. The van der Waals surface area contributed by atoms with Crippen molar-refractivity contribution >= 4 is 39.9 Å². The molecule has 158 valence electrons. The molecule has 0 aliphatic carbocycles. The van der Waals surface area contributed by atoms with E-state index in [4.69, 9.17) is 9.97 Å². The monoisotopic (exact) mass is 434 g/mol. The molecular formula is C21H22N8OS. The molecule has 0 bridgehead atoms. The maximum absolute atomic E-state index is 13.3. The maximum atomic E-state index is 13.3. The van der Waals surface area contributed by atoms with Crippen LogP contribution in [0.3, 0.4) is 0 Å². The third-order valence-corrected chi connectivity index (χ3v) is 6.23. The molecule has 4 aromatic rings. The number of hydrogen-bond acceptors (Lipinski definition) is 7. The minimum absolute atomic E-state index is 0.143. The fraction of sp³-hybridized carbons (Fsp3) is 0.333. The van der Waals surface area contributed by atoms with E-state index in [1.807, 2.05) is 28.8 Å². The highest BCUT2D eigenvalue weighted by Gasteiger charge is 2.23. The molecule has 4 heterocycles. The lowest BCUT2D eigenvalue weighted by atomic mass is 10.3. The number of benzene rings is 1. The summed E-state index contributed by atoms with van der Waals surface area (Å²) < 4.78 is 3.45. The van der Waals surface area contributed by atoms with Gasteiger partial charge in [-0.1, -0.05) is 18.1 Å². The van der Waals surface area contributed by atoms with Gasteiger partial charge in [0.2, 0.25) is 5.95 Å². The zero-order chi connectivity index (χ0) is 21.4. The summed E-state index contributed by atoms with van der Waals surface area (Å²) in [4.78, 5) is 32.9. The third-order valence-electron chi connectivity index (χ3n) is 5.29. The Balaban J connectivity index is 1.61. The standard InChI is InChI=1S/C21H22N8OS/c1-3-4-11-29-16-17(25-20(29)28-12-9-22-10-13-28)26-21(27(2)18(16)30)31-19-23-14-7-5-6-8-15(14)24-19/h5-8,22H,9-13H2,1-2H3,(H,23,24). The number of piperazine rings is 1. The van der Waals surface area contributed by atoms with Crippen molar-refractivity contribution in [3.05, 3.63) is 34.6 Å². The number of nitrogens with one attached hydrogen (secondary N) is 2. The lowest BCUT2D eigenvalue weighted by Gasteiger charge is -2.28. The Morgan fingerprint density at radius 1 is 1.16 bits per heavy atom. The van der Waals surface area contributed by atoms with Crippen molar-refractivity contribution in [3.63, 3.8) is 0 Å². The highest BCUT2D eigenvalue weighted by Crippen LogP contribution is 2.27. The largest absolute Gasteiger partial charge is 0.340 e. The van der Waals surface area contributed by atoms with Crippen LogP contribution in [0.2, 0.25) is 0 Å². The van der Waals surface area contributed by atoms with Crippen LogP contribution in [-0.2, 0) is 13.6 Å². The first kappa shape index (κ1) is 19.7. The van der Waals surface area contributed by atoms with Crippen molar-refractivity contribution in [1.82, 2.24) is 34.4 Å². The molecule has 0 spiro atoms. The van der Waals surface area contributed by atoms with Gasteiger partial charge in [-0.15, -0.1) is 5.92 Å². The van der Waals surface area contributed by atoms with Gasteiger partial charge in [0.05, 0.1) is 17.6 Å². The summed E-state index contributed by atoms with van der Waals surface area (Å²) in [5.41, 5.74) is 2.59. The van der Waals surface area contributed by atoms with Gasteiger partial charge >= 0.3 is 0 Å². The zero-order valence-electron chi connectivity index (χ0n) is 17.3. The van der Waals surface area contributed by atoms with Crippen molar-refractivity contribution in [3.8, 4) is 11.8 Å². The second-order valence-electron chi connectivity index (χ2n) is 7.25. The SMILES string of the molecule is CC#CCn1c(N2CCNCC2)nc2nc(Sc3nc4ccccc4[nH]3)n(C)c(=O)c21. The van der Waals surface area contributed by atoms with Crippen molar-refractivity contribution in [2.75, 3.05) is 31.1 Å². The lowest BCUT2D eigenvalue weighted by Crippen LogP contribution is -2.44. The molecule has 5 rings (SSSR count). The average molecular weight is 435 g/mol. The molecule has 1 aliphatic heterocycles. The van der Waals surface area contributed by atoms with Gasteiger partial charge in [0.1, 0.15) is 0 Å². The highest BCUT2D eigenvalue weighted by atomic mass is 32.2. The topological polar surface area (TPSA) is 96.7 Å². The molecule has 0 amide bonds. The van der Waals surface area contributed by atoms with E-state index in [1.165, 1.54) is 11.8 Å². The van der Waals surface area contributed by atoms with Crippen LogP contribution in [0.25, 0.3) is 22.2 Å². The van der Waals surface area contributed by atoms with E-state index in [9.17, 15) is 4.79 Å². The number of imidazole rings is 2. The smallest absolute Gasteiger partial charge is 0.280 e. The molecule has 0 radical (unpaired) electrons. The number of aromatic nitrogens is 6. The molecule has 1 fully saturated rings. The third kappa shape index (κ3) is 3.56. The molecule has 0 unspecified atom stereocenters. The van der Waals surface area contributed by atoms with Gasteiger partial charge in [-0.2, -0.15) is 4.98 Å². The number of hydrogen-bond donors (Lipinski definition) is 2. The Kier molecular flexibility index (Phi) is 5.13. The Hall–Kier alpha value is -3.29. The summed E-state index contributed by atoms with van der Waals surface area (Å²) in [6, 6.07) is 7.82. The summed E-state index contributed by atoms with van der Waals surface area (Å²) in [5.74, 6) is 6.73. The summed E-state index contributed by atoms with van der Waals surface area (Å²) in [6.45, 7) is 5.59. The van der Waals surface area contributed by atoms with Crippen LogP contribution >= 0.6 is 11.8 Å². The first-order valence-corrected chi connectivity index (χ1v) is 10.9. The van der Waals surface area contributed by atoms with Gasteiger partial charge in [-0.05, 0) is 30.8 Å². The number of nitrogens with zero attached hydrogens (tertiary/aromatic N) is 6.